The third-order valence-corrected chi connectivity index (χ3v) is 5.11. The molecule has 0 atom stereocenters. The van der Waals surface area contributed by atoms with Crippen LogP contribution in [0.25, 0.3) is 0 Å². The van der Waals surface area contributed by atoms with Crippen molar-refractivity contribution in [2.75, 3.05) is 0 Å². The Morgan fingerprint density at radius 2 is 1.60 bits per heavy atom. The normalized spacial score (nSPS) is 18.4. The average Bonchev–Trinajstić information content (AvgIpc) is 2.77. The highest BCUT2D eigenvalue weighted by Gasteiger charge is 2.52. The van der Waals surface area contributed by atoms with Crippen molar-refractivity contribution in [2.24, 2.45) is 0 Å². The molecule has 2 aromatic carbocycles. The molecule has 0 aromatic heterocycles. The number of ether oxygens (including phenoxy) is 1. The van der Waals surface area contributed by atoms with E-state index in [0.29, 0.717) is 5.46 Å². The van der Waals surface area contributed by atoms with Crippen molar-refractivity contribution in [3.63, 3.8) is 0 Å². The summed E-state index contributed by atoms with van der Waals surface area (Å²) < 4.78 is 32.5. The van der Waals surface area contributed by atoms with E-state index in [9.17, 15) is 4.39 Å². The van der Waals surface area contributed by atoms with E-state index in [0.717, 1.165) is 5.56 Å². The second kappa shape index (κ2) is 6.63. The fraction of sp³-hybridized carbons (Fsp3) is 0.368. The van der Waals surface area contributed by atoms with E-state index in [4.69, 9.17) is 25.6 Å². The second-order valence-corrected chi connectivity index (χ2v) is 7.55. The van der Waals surface area contributed by atoms with Gasteiger partial charge in [-0.3, -0.25) is 0 Å². The van der Waals surface area contributed by atoms with Crippen LogP contribution in [0.1, 0.15) is 33.3 Å². The van der Waals surface area contributed by atoms with Crippen LogP contribution in [0.3, 0.4) is 0 Å². The first-order valence-electron chi connectivity index (χ1n) is 8.21. The quantitative estimate of drug-likeness (QED) is 0.757. The highest BCUT2D eigenvalue weighted by Crippen LogP contribution is 2.38. The molecular weight excluding hydrogens is 341 g/mol. The maximum absolute atomic E-state index is 14.6. The van der Waals surface area contributed by atoms with Crippen molar-refractivity contribution in [3.8, 4) is 5.75 Å². The van der Waals surface area contributed by atoms with Crippen molar-refractivity contribution in [1.29, 1.82) is 0 Å². The van der Waals surface area contributed by atoms with Gasteiger partial charge in [-0.25, -0.2) is 4.39 Å². The molecule has 6 heteroatoms. The zero-order valence-electron chi connectivity index (χ0n) is 14.8. The van der Waals surface area contributed by atoms with Crippen molar-refractivity contribution < 1.29 is 18.4 Å². The van der Waals surface area contributed by atoms with Crippen molar-refractivity contribution in [1.82, 2.24) is 0 Å². The molecule has 0 saturated carbocycles. The molecule has 1 aliphatic rings. The summed E-state index contributed by atoms with van der Waals surface area (Å²) in [5.74, 6) is -0.542. The van der Waals surface area contributed by atoms with Crippen LogP contribution in [0.5, 0.6) is 5.75 Å². The van der Waals surface area contributed by atoms with Crippen LogP contribution in [0.2, 0.25) is 5.02 Å². The van der Waals surface area contributed by atoms with E-state index in [1.165, 1.54) is 6.07 Å². The monoisotopic (exact) mass is 362 g/mol. The Morgan fingerprint density at radius 1 is 1.00 bits per heavy atom. The molecule has 3 rings (SSSR count). The highest BCUT2D eigenvalue weighted by atomic mass is 35.5. The minimum absolute atomic E-state index is 0.00308. The lowest BCUT2D eigenvalue weighted by molar-refractivity contribution is 0.00578. The molecule has 25 heavy (non-hydrogen) atoms. The van der Waals surface area contributed by atoms with Gasteiger partial charge in [-0.2, -0.15) is 0 Å². The molecule has 0 N–H and O–H groups in total. The van der Waals surface area contributed by atoms with Gasteiger partial charge < -0.3 is 14.0 Å². The molecular formula is C19H21BClFO3. The topological polar surface area (TPSA) is 27.7 Å². The fourth-order valence-electron chi connectivity index (χ4n) is 2.58. The molecule has 0 bridgehead atoms. The number of halogens is 2. The molecule has 3 nitrogen and oxygen atoms in total. The Balaban J connectivity index is 1.91. The summed E-state index contributed by atoms with van der Waals surface area (Å²) >= 11 is 5.95. The summed E-state index contributed by atoms with van der Waals surface area (Å²) in [5, 5.41) is 0.00308. The van der Waals surface area contributed by atoms with Crippen LogP contribution in [0.15, 0.2) is 42.5 Å². The molecule has 1 fully saturated rings. The summed E-state index contributed by atoms with van der Waals surface area (Å²) in [7, 11) is -0.720. The van der Waals surface area contributed by atoms with Gasteiger partial charge in [-0.15, -0.1) is 0 Å². The highest BCUT2D eigenvalue weighted by molar-refractivity contribution is 6.63. The van der Waals surface area contributed by atoms with E-state index in [-0.39, 0.29) is 17.4 Å². The van der Waals surface area contributed by atoms with E-state index in [1.807, 2.05) is 58.0 Å². The van der Waals surface area contributed by atoms with Gasteiger partial charge in [0.1, 0.15) is 6.61 Å². The van der Waals surface area contributed by atoms with Gasteiger partial charge in [-0.05, 0) is 39.3 Å². The lowest BCUT2D eigenvalue weighted by atomic mass is 9.78. The van der Waals surface area contributed by atoms with E-state index in [1.54, 1.807) is 6.07 Å². The van der Waals surface area contributed by atoms with Crippen molar-refractivity contribution >= 4 is 24.2 Å². The zero-order valence-corrected chi connectivity index (χ0v) is 15.6. The average molecular weight is 363 g/mol. The summed E-state index contributed by atoms with van der Waals surface area (Å²) in [6.45, 7) is 8.02. The first kappa shape index (κ1) is 18.2. The Morgan fingerprint density at radius 3 is 2.20 bits per heavy atom. The largest absolute Gasteiger partial charge is 0.498 e. The predicted octanol–water partition coefficient (Wildman–Crippen LogP) is 4.36. The molecule has 1 aliphatic heterocycles. The molecule has 0 spiro atoms. The van der Waals surface area contributed by atoms with Crippen molar-refractivity contribution in [2.45, 2.75) is 45.5 Å². The van der Waals surface area contributed by atoms with E-state index in [2.05, 4.69) is 0 Å². The smallest absolute Gasteiger partial charge is 0.486 e. The predicted molar refractivity (Wildman–Crippen MR) is 97.9 cm³/mol. The number of benzene rings is 2. The molecule has 132 valence electrons. The number of hydrogen-bond acceptors (Lipinski definition) is 3. The minimum Gasteiger partial charge on any atom is -0.486 e. The molecule has 1 heterocycles. The SMILES string of the molecule is CC1(C)OB(c2ccc(Cl)c(F)c2OCc2ccccc2)OC1(C)C. The Labute approximate surface area is 153 Å². The molecule has 0 amide bonds. The minimum atomic E-state index is -0.720. The molecule has 2 aromatic rings. The Hall–Kier alpha value is -1.56. The standard InChI is InChI=1S/C19H21BClFO3/c1-18(2)19(3,4)25-20(24-18)14-10-11-15(21)16(22)17(14)23-12-13-8-6-5-7-9-13/h5-11H,12H2,1-4H3. The summed E-state index contributed by atoms with van der Waals surface area (Å²) in [4.78, 5) is 0. The lowest BCUT2D eigenvalue weighted by Gasteiger charge is -2.32. The van der Waals surface area contributed by atoms with Crippen LogP contribution in [-0.4, -0.2) is 18.3 Å². The Bertz CT molecular complexity index is 749. The summed E-state index contributed by atoms with van der Waals surface area (Å²) in [6, 6.07) is 12.7. The summed E-state index contributed by atoms with van der Waals surface area (Å²) in [5.41, 5.74) is 0.382. The van der Waals surface area contributed by atoms with Gasteiger partial charge in [-0.1, -0.05) is 48.0 Å². The number of rotatable bonds is 4. The first-order chi connectivity index (χ1) is 11.7. The number of hydrogen-bond donors (Lipinski definition) is 0. The fourth-order valence-corrected chi connectivity index (χ4v) is 2.73. The van der Waals surface area contributed by atoms with Gasteiger partial charge in [0.15, 0.2) is 11.6 Å². The van der Waals surface area contributed by atoms with Crippen LogP contribution in [-0.2, 0) is 15.9 Å². The van der Waals surface area contributed by atoms with E-state index >= 15 is 0 Å². The molecule has 0 unspecified atom stereocenters. The molecule has 0 radical (unpaired) electrons. The van der Waals surface area contributed by atoms with Crippen molar-refractivity contribution in [3.05, 3.63) is 58.9 Å². The van der Waals surface area contributed by atoms with Gasteiger partial charge in [0.2, 0.25) is 0 Å². The van der Waals surface area contributed by atoms with Crippen LogP contribution < -0.4 is 10.2 Å². The van der Waals surface area contributed by atoms with Gasteiger partial charge in [0, 0.05) is 5.46 Å². The third-order valence-electron chi connectivity index (χ3n) is 4.81. The van der Waals surface area contributed by atoms with E-state index < -0.39 is 24.1 Å². The van der Waals surface area contributed by atoms with Gasteiger partial charge >= 0.3 is 7.12 Å². The zero-order chi connectivity index (χ0) is 18.2. The van der Waals surface area contributed by atoms with Gasteiger partial charge in [0.25, 0.3) is 0 Å². The maximum atomic E-state index is 14.6. The van der Waals surface area contributed by atoms with Crippen LogP contribution in [0, 0.1) is 5.82 Å². The first-order valence-corrected chi connectivity index (χ1v) is 8.59. The molecule has 1 saturated heterocycles. The van der Waals surface area contributed by atoms with Crippen LogP contribution in [0.4, 0.5) is 4.39 Å². The van der Waals surface area contributed by atoms with Gasteiger partial charge in [0.05, 0.1) is 16.2 Å². The van der Waals surface area contributed by atoms with Crippen LogP contribution >= 0.6 is 11.6 Å². The summed E-state index contributed by atoms with van der Waals surface area (Å²) in [6.07, 6.45) is 0. The second-order valence-electron chi connectivity index (χ2n) is 7.14. The third kappa shape index (κ3) is 3.54. The Kier molecular flexibility index (Phi) is 4.84. The lowest BCUT2D eigenvalue weighted by Crippen LogP contribution is -2.41. The maximum Gasteiger partial charge on any atom is 0.498 e. The molecule has 0 aliphatic carbocycles.